The second kappa shape index (κ2) is 5.35. The highest BCUT2D eigenvalue weighted by atomic mass is 32.1. The van der Waals surface area contributed by atoms with Crippen molar-refractivity contribution in [3.05, 3.63) is 28.2 Å². The Balaban J connectivity index is 2.37. The number of hydrogen-bond acceptors (Lipinski definition) is 3. The third-order valence-corrected chi connectivity index (χ3v) is 4.18. The van der Waals surface area contributed by atoms with Crippen LogP contribution in [0.2, 0.25) is 0 Å². The van der Waals surface area contributed by atoms with Crippen LogP contribution in [0.15, 0.2) is 12.2 Å². The number of anilines is 1. The normalized spacial score (nSPS) is 14.5. The fraction of sp³-hybridized carbons (Fsp3) is 0.385. The minimum absolute atomic E-state index is 0.224. The first-order chi connectivity index (χ1) is 8.63. The maximum absolute atomic E-state index is 11.6. The van der Waals surface area contributed by atoms with Crippen LogP contribution < -0.4 is 11.1 Å². The van der Waals surface area contributed by atoms with E-state index in [2.05, 4.69) is 5.32 Å². The lowest BCUT2D eigenvalue weighted by Crippen LogP contribution is -2.17. The van der Waals surface area contributed by atoms with Crippen molar-refractivity contribution in [1.29, 1.82) is 0 Å². The molecule has 1 aromatic rings. The van der Waals surface area contributed by atoms with E-state index in [1.165, 1.54) is 22.3 Å². The number of nitrogens with two attached hydrogens (primary N) is 1. The van der Waals surface area contributed by atoms with Gasteiger partial charge in [0.2, 0.25) is 5.91 Å². The molecule has 2 rings (SSSR count). The van der Waals surface area contributed by atoms with Gasteiger partial charge in [-0.2, -0.15) is 0 Å². The predicted octanol–water partition coefficient (Wildman–Crippen LogP) is 2.24. The first-order valence-electron chi connectivity index (χ1n) is 6.01. The Hall–Kier alpha value is -1.62. The van der Waals surface area contributed by atoms with E-state index in [1.54, 1.807) is 13.0 Å². The molecule has 1 aliphatic rings. The molecule has 0 atom stereocenters. The van der Waals surface area contributed by atoms with E-state index < -0.39 is 5.91 Å². The van der Waals surface area contributed by atoms with E-state index in [0.717, 1.165) is 31.2 Å². The van der Waals surface area contributed by atoms with Gasteiger partial charge in [-0.25, -0.2) is 0 Å². The molecule has 0 bridgehead atoms. The van der Waals surface area contributed by atoms with Crippen molar-refractivity contribution >= 4 is 28.2 Å². The van der Waals surface area contributed by atoms with E-state index in [0.29, 0.717) is 10.6 Å². The first-order valence-corrected chi connectivity index (χ1v) is 6.83. The van der Waals surface area contributed by atoms with Crippen molar-refractivity contribution in [3.8, 4) is 0 Å². The second-order valence-corrected chi connectivity index (χ2v) is 5.37. The Morgan fingerprint density at radius 1 is 1.33 bits per heavy atom. The molecule has 4 nitrogen and oxygen atoms in total. The van der Waals surface area contributed by atoms with E-state index in [1.807, 2.05) is 0 Å². The number of carbonyl (C=O) groups is 2. The van der Waals surface area contributed by atoms with Crippen LogP contribution in [0.1, 0.15) is 40.6 Å². The van der Waals surface area contributed by atoms with Crippen LogP contribution in [-0.4, -0.2) is 11.8 Å². The largest absolute Gasteiger partial charge is 0.365 e. The molecule has 3 N–H and O–H groups in total. The van der Waals surface area contributed by atoms with Gasteiger partial charge in [-0.3, -0.25) is 9.59 Å². The Labute approximate surface area is 110 Å². The number of primary amides is 1. The van der Waals surface area contributed by atoms with Crippen molar-refractivity contribution in [2.24, 2.45) is 5.73 Å². The standard InChI is InChI=1S/C13H16N2O2S/c1-2-5-10(16)15-13-11(12(14)17)8-6-3-4-7-9(8)18-13/h2,5H,3-4,6-7H2,1H3,(H2,14,17)(H,15,16)/b5-2+. The number of nitrogens with one attached hydrogen (secondary N) is 1. The third kappa shape index (κ3) is 2.46. The fourth-order valence-corrected chi connectivity index (χ4v) is 3.52. The number of aryl methyl sites for hydroxylation is 1. The van der Waals surface area contributed by atoms with E-state index in [-0.39, 0.29) is 5.91 Å². The van der Waals surface area contributed by atoms with Crippen LogP contribution in [0.3, 0.4) is 0 Å². The van der Waals surface area contributed by atoms with E-state index in [4.69, 9.17) is 5.73 Å². The number of carbonyl (C=O) groups excluding carboxylic acids is 2. The van der Waals surface area contributed by atoms with E-state index in [9.17, 15) is 9.59 Å². The van der Waals surface area contributed by atoms with Gasteiger partial charge < -0.3 is 11.1 Å². The molecule has 0 fully saturated rings. The summed E-state index contributed by atoms with van der Waals surface area (Å²) in [6, 6.07) is 0. The quantitative estimate of drug-likeness (QED) is 0.822. The van der Waals surface area contributed by atoms with Crippen LogP contribution in [0, 0.1) is 0 Å². The lowest BCUT2D eigenvalue weighted by molar-refractivity contribution is -0.111. The van der Waals surface area contributed by atoms with Gasteiger partial charge in [0.25, 0.3) is 5.91 Å². The topological polar surface area (TPSA) is 72.2 Å². The highest BCUT2D eigenvalue weighted by Gasteiger charge is 2.24. The van der Waals surface area contributed by atoms with Crippen LogP contribution in [0.5, 0.6) is 0 Å². The van der Waals surface area contributed by atoms with Crippen LogP contribution in [0.4, 0.5) is 5.00 Å². The SMILES string of the molecule is C/C=C/C(=O)Nc1sc2c(c1C(N)=O)CCCC2. The van der Waals surface area contributed by atoms with Crippen molar-refractivity contribution < 1.29 is 9.59 Å². The Morgan fingerprint density at radius 3 is 2.72 bits per heavy atom. The van der Waals surface area contributed by atoms with Crippen molar-refractivity contribution in [2.45, 2.75) is 32.6 Å². The van der Waals surface area contributed by atoms with Gasteiger partial charge in [-0.05, 0) is 44.2 Å². The molecule has 5 heteroatoms. The summed E-state index contributed by atoms with van der Waals surface area (Å²) in [6.45, 7) is 1.77. The third-order valence-electron chi connectivity index (χ3n) is 2.97. The molecule has 0 unspecified atom stereocenters. The minimum atomic E-state index is -0.454. The number of amides is 2. The number of fused-ring (bicyclic) bond motifs is 1. The van der Waals surface area contributed by atoms with Gasteiger partial charge in [0, 0.05) is 4.88 Å². The van der Waals surface area contributed by atoms with Gasteiger partial charge in [0.1, 0.15) is 5.00 Å². The van der Waals surface area contributed by atoms with Gasteiger partial charge in [0.05, 0.1) is 5.56 Å². The number of allylic oxidation sites excluding steroid dienone is 1. The van der Waals surface area contributed by atoms with Crippen LogP contribution >= 0.6 is 11.3 Å². The van der Waals surface area contributed by atoms with E-state index >= 15 is 0 Å². The van der Waals surface area contributed by atoms with Crippen LogP contribution in [0.25, 0.3) is 0 Å². The molecule has 0 aliphatic heterocycles. The molecule has 1 aromatic heterocycles. The Kier molecular flexibility index (Phi) is 3.81. The zero-order valence-electron chi connectivity index (χ0n) is 10.3. The summed E-state index contributed by atoms with van der Waals surface area (Å²) in [6.07, 6.45) is 7.15. The highest BCUT2D eigenvalue weighted by Crippen LogP contribution is 2.37. The molecular weight excluding hydrogens is 248 g/mol. The maximum Gasteiger partial charge on any atom is 0.251 e. The molecule has 2 amide bonds. The summed E-state index contributed by atoms with van der Waals surface area (Å²) in [7, 11) is 0. The average Bonchev–Trinajstić information content (AvgIpc) is 2.66. The molecule has 0 aromatic carbocycles. The summed E-state index contributed by atoms with van der Waals surface area (Å²) >= 11 is 1.48. The Bertz CT molecular complexity index is 517. The van der Waals surface area contributed by atoms with Gasteiger partial charge in [-0.15, -0.1) is 11.3 Å². The summed E-state index contributed by atoms with van der Waals surface area (Å²) in [5, 5.41) is 3.34. The van der Waals surface area contributed by atoms with Crippen molar-refractivity contribution in [2.75, 3.05) is 5.32 Å². The molecule has 96 valence electrons. The molecular formula is C13H16N2O2S. The minimum Gasteiger partial charge on any atom is -0.365 e. The number of thiophene rings is 1. The summed E-state index contributed by atoms with van der Waals surface area (Å²) in [4.78, 5) is 24.3. The first kappa shape index (κ1) is 12.8. The zero-order chi connectivity index (χ0) is 13.1. The van der Waals surface area contributed by atoms with Crippen molar-refractivity contribution in [3.63, 3.8) is 0 Å². The molecule has 0 saturated heterocycles. The Morgan fingerprint density at radius 2 is 2.06 bits per heavy atom. The summed E-state index contributed by atoms with van der Waals surface area (Å²) in [5.74, 6) is -0.677. The van der Waals surface area contributed by atoms with Gasteiger partial charge >= 0.3 is 0 Å². The zero-order valence-corrected chi connectivity index (χ0v) is 11.1. The molecule has 1 aliphatic carbocycles. The smallest absolute Gasteiger partial charge is 0.251 e. The maximum atomic E-state index is 11.6. The highest BCUT2D eigenvalue weighted by molar-refractivity contribution is 7.17. The average molecular weight is 264 g/mol. The second-order valence-electron chi connectivity index (χ2n) is 4.27. The molecule has 1 heterocycles. The molecule has 18 heavy (non-hydrogen) atoms. The number of hydrogen-bond donors (Lipinski definition) is 2. The lowest BCUT2D eigenvalue weighted by Gasteiger charge is -2.11. The fourth-order valence-electron chi connectivity index (χ4n) is 2.22. The summed E-state index contributed by atoms with van der Waals surface area (Å²) in [5.41, 5.74) is 6.97. The van der Waals surface area contributed by atoms with Gasteiger partial charge in [-0.1, -0.05) is 6.08 Å². The molecule has 0 saturated carbocycles. The molecule has 0 spiro atoms. The monoisotopic (exact) mass is 264 g/mol. The number of rotatable bonds is 3. The van der Waals surface area contributed by atoms with Crippen molar-refractivity contribution in [1.82, 2.24) is 0 Å². The summed E-state index contributed by atoms with van der Waals surface area (Å²) < 4.78 is 0. The lowest BCUT2D eigenvalue weighted by atomic mass is 9.95. The predicted molar refractivity (Wildman–Crippen MR) is 72.9 cm³/mol. The van der Waals surface area contributed by atoms with Gasteiger partial charge in [0.15, 0.2) is 0 Å². The molecule has 0 radical (unpaired) electrons. The van der Waals surface area contributed by atoms with Crippen LogP contribution in [-0.2, 0) is 17.6 Å².